The van der Waals surface area contributed by atoms with Gasteiger partial charge in [0.15, 0.2) is 41.8 Å². The fourth-order valence-electron chi connectivity index (χ4n) is 11.3. The minimum atomic E-state index is -4.19. The zero-order chi connectivity index (χ0) is 54.4. The lowest BCUT2D eigenvalue weighted by Gasteiger charge is -2.47. The average molecular weight is 1080 g/mol. The maximum atomic E-state index is 15.1. The molecule has 74 heavy (non-hydrogen) atoms. The van der Waals surface area contributed by atoms with Crippen LogP contribution in [0.15, 0.2) is 59.5 Å². The summed E-state index contributed by atoms with van der Waals surface area (Å²) in [4.78, 5) is 0.121. The lowest BCUT2D eigenvalue weighted by Crippen LogP contribution is -2.54. The normalized spacial score (nSPS) is 29.2. The second kappa shape index (κ2) is 25.4. The maximum absolute atomic E-state index is 15.1. The molecule has 13 atom stereocenters. The van der Waals surface area contributed by atoms with E-state index in [9.17, 15) is 5.11 Å². The molecular weight excluding hydrogens is 981 g/mol. The van der Waals surface area contributed by atoms with Crippen molar-refractivity contribution in [2.24, 2.45) is 17.8 Å². The van der Waals surface area contributed by atoms with Gasteiger partial charge in [0.1, 0.15) is 5.75 Å². The summed E-state index contributed by atoms with van der Waals surface area (Å²) < 4.78 is 102. The molecule has 4 saturated heterocycles. The fraction of sp³-hybridized carbons (Fsp3) is 0.793. The van der Waals surface area contributed by atoms with Crippen molar-refractivity contribution in [1.29, 1.82) is 0 Å². The predicted molar refractivity (Wildman–Crippen MR) is 289 cm³/mol. The van der Waals surface area contributed by atoms with Crippen molar-refractivity contribution < 1.29 is 65.3 Å². The molecule has 0 aliphatic carbocycles. The second-order valence-corrected chi connectivity index (χ2v) is 31.9. The van der Waals surface area contributed by atoms with Gasteiger partial charge in [-0.2, -0.15) is 0 Å². The number of rotatable bonds is 23. The first-order chi connectivity index (χ1) is 34.5. The number of hydrogen-bond donors (Lipinski definition) is 1. The zero-order valence-electron chi connectivity index (χ0n) is 47.9. The van der Waals surface area contributed by atoms with Crippen LogP contribution in [0.25, 0.3) is 0 Å². The van der Waals surface area contributed by atoms with Crippen LogP contribution in [0.1, 0.15) is 153 Å². The molecule has 4 fully saturated rings. The summed E-state index contributed by atoms with van der Waals surface area (Å²) in [5.41, 5.74) is 0.917. The number of ether oxygens (including phenoxy) is 10. The molecule has 3 unspecified atom stereocenters. The van der Waals surface area contributed by atoms with E-state index in [0.29, 0.717) is 45.3 Å². The summed E-state index contributed by atoms with van der Waals surface area (Å²) in [5, 5.41) is 11.7. The van der Waals surface area contributed by atoms with Gasteiger partial charge >= 0.3 is 0 Å². The van der Waals surface area contributed by atoms with E-state index in [1.165, 1.54) is 0 Å². The predicted octanol–water partition coefficient (Wildman–Crippen LogP) is 11.5. The summed E-state index contributed by atoms with van der Waals surface area (Å²) in [5.74, 6) is -2.50. The molecule has 4 aliphatic heterocycles. The summed E-state index contributed by atoms with van der Waals surface area (Å²) in [6.45, 7) is 32.6. The van der Waals surface area contributed by atoms with E-state index < -0.39 is 77.4 Å². The van der Waals surface area contributed by atoms with Crippen molar-refractivity contribution >= 4 is 18.2 Å². The van der Waals surface area contributed by atoms with Gasteiger partial charge in [0.2, 0.25) is 0 Å². The Labute approximate surface area is 446 Å². The van der Waals surface area contributed by atoms with Crippen molar-refractivity contribution in [3.05, 3.63) is 60.2 Å². The molecule has 0 radical (unpaired) electrons. The van der Waals surface area contributed by atoms with Crippen LogP contribution in [0, 0.1) is 17.8 Å². The maximum Gasteiger partial charge on any atom is 0.191 e. The largest absolute Gasteiger partial charge is 0.497 e. The number of aliphatic hydroxyl groups excluding tert-OH is 1. The molecule has 2 aromatic rings. The van der Waals surface area contributed by atoms with Gasteiger partial charge in [0.05, 0.1) is 78.8 Å². The van der Waals surface area contributed by atoms with Gasteiger partial charge in [-0.3, -0.25) is 0 Å². The first-order valence-corrected chi connectivity index (χ1v) is 32.1. The number of benzene rings is 2. The van der Waals surface area contributed by atoms with Crippen LogP contribution in [0.3, 0.4) is 0 Å². The molecule has 16 heteroatoms. The minimum Gasteiger partial charge on any atom is -0.497 e. The summed E-state index contributed by atoms with van der Waals surface area (Å²) in [6.07, 6.45) is 0.783. The van der Waals surface area contributed by atoms with Crippen molar-refractivity contribution in [1.82, 2.24) is 0 Å². The van der Waals surface area contributed by atoms with Gasteiger partial charge in [-0.15, -0.1) is 0 Å². The minimum absolute atomic E-state index is 0.0324. The molecule has 0 amide bonds. The van der Waals surface area contributed by atoms with Gasteiger partial charge in [0, 0.05) is 63.6 Å². The van der Waals surface area contributed by atoms with E-state index in [1.54, 1.807) is 37.4 Å². The first-order valence-electron chi connectivity index (χ1n) is 27.7. The van der Waals surface area contributed by atoms with Crippen LogP contribution in [0.5, 0.6) is 5.75 Å². The molecule has 1 N–H and O–H groups in total. The lowest BCUT2D eigenvalue weighted by molar-refractivity contribution is -0.337. The molecule has 0 spiro atoms. The smallest absolute Gasteiger partial charge is 0.191 e. The van der Waals surface area contributed by atoms with Gasteiger partial charge < -0.3 is 56.9 Å². The number of aliphatic hydroxyl groups is 1. The van der Waals surface area contributed by atoms with Gasteiger partial charge in [-0.1, -0.05) is 78.8 Å². The quantitative estimate of drug-likeness (QED) is 0.105. The van der Waals surface area contributed by atoms with E-state index in [4.69, 9.17) is 51.8 Å². The SMILES string of the molecule is COc1ccc(CO[C@@H](C(C)C)[C@@H](C)C(C(O)[C@@H](C[C@H]2C[C@H](C[C@H]3C[C@H](C[C@@H]4C[C@H]([C@@H](C)CO[Si](C)(C)C(C)(C)C)OC(C)(C)O4)OC(C)(C)O3)OC(C)(C)O2)OC2CCCCO2)S(=O)(=O)c2ccccc2)cc1. The molecular formula is C58H96O14SSi. The van der Waals surface area contributed by atoms with Crippen molar-refractivity contribution in [2.75, 3.05) is 20.3 Å². The molecule has 422 valence electrons. The van der Waals surface area contributed by atoms with E-state index >= 15 is 8.42 Å². The third kappa shape index (κ3) is 17.0. The van der Waals surface area contributed by atoms with Crippen LogP contribution in [0.2, 0.25) is 18.1 Å². The highest BCUT2D eigenvalue weighted by Crippen LogP contribution is 2.42. The Bertz CT molecular complexity index is 2120. The van der Waals surface area contributed by atoms with Gasteiger partial charge in [-0.25, -0.2) is 8.42 Å². The molecule has 0 bridgehead atoms. The molecule has 4 aliphatic rings. The second-order valence-electron chi connectivity index (χ2n) is 25.0. The van der Waals surface area contributed by atoms with E-state index in [0.717, 1.165) is 30.6 Å². The number of methoxy groups -OCH3 is 1. The fourth-order valence-corrected chi connectivity index (χ4v) is 14.5. The van der Waals surface area contributed by atoms with E-state index in [2.05, 4.69) is 40.8 Å². The Hall–Kier alpha value is -2.03. The highest BCUT2D eigenvalue weighted by atomic mass is 32.2. The molecule has 14 nitrogen and oxygen atoms in total. The third-order valence-electron chi connectivity index (χ3n) is 15.8. The van der Waals surface area contributed by atoms with Crippen LogP contribution in [-0.4, -0.2) is 126 Å². The Balaban J connectivity index is 1.20. The first kappa shape index (κ1) is 61.2. The molecule has 0 aromatic heterocycles. The van der Waals surface area contributed by atoms with Crippen molar-refractivity contribution in [2.45, 2.75) is 261 Å². The standard InChI is InChI=1S/C58H96O14SSi/c1-38(2)53(64-37-41-25-27-42(62-14)28-26-41)40(4)54(73(60,61)48-22-18-17-19-23-48)52(59)50(66-51-24-20-21-29-63-51)35-47-33-45(69-57(10,11)70-47)31-43-30-44(68-56(8,9)67-43)32-46-34-49(72-58(12,13)71-46)39(3)36-65-74(15,16)55(5,6)7/h17-19,22-23,25-28,38-40,43-47,49-54,59H,20-21,24,29-37H2,1-16H3/t39-,40+,43+,44+,45-,46+,47+,49+,50+,51?,52?,53-,54?/m0/s1. The van der Waals surface area contributed by atoms with Crippen molar-refractivity contribution in [3.8, 4) is 5.75 Å². The van der Waals surface area contributed by atoms with Crippen LogP contribution >= 0.6 is 0 Å². The van der Waals surface area contributed by atoms with Crippen molar-refractivity contribution in [3.63, 3.8) is 0 Å². The van der Waals surface area contributed by atoms with Crippen LogP contribution in [-0.2, 0) is 63.5 Å². The van der Waals surface area contributed by atoms with Crippen LogP contribution in [0.4, 0.5) is 0 Å². The number of sulfone groups is 1. The Kier molecular flexibility index (Phi) is 21.0. The van der Waals surface area contributed by atoms with E-state index in [-0.39, 0.29) is 65.3 Å². The highest BCUT2D eigenvalue weighted by Gasteiger charge is 2.49. The molecule has 2 aromatic carbocycles. The molecule has 4 heterocycles. The summed E-state index contributed by atoms with van der Waals surface area (Å²) in [6, 6.07) is 16.0. The zero-order valence-corrected chi connectivity index (χ0v) is 49.7. The average Bonchev–Trinajstić information content (AvgIpc) is 3.29. The lowest BCUT2D eigenvalue weighted by atomic mass is 9.86. The Morgan fingerprint density at radius 3 is 1.81 bits per heavy atom. The monoisotopic (exact) mass is 1080 g/mol. The van der Waals surface area contributed by atoms with E-state index in [1.807, 2.05) is 86.6 Å². The third-order valence-corrected chi connectivity index (χ3v) is 22.7. The highest BCUT2D eigenvalue weighted by molar-refractivity contribution is 7.92. The molecule has 0 saturated carbocycles. The number of hydrogen-bond acceptors (Lipinski definition) is 14. The summed E-state index contributed by atoms with van der Waals surface area (Å²) >= 11 is 0. The molecule has 6 rings (SSSR count). The van der Waals surface area contributed by atoms with Gasteiger partial charge in [0.25, 0.3) is 0 Å². The van der Waals surface area contributed by atoms with Gasteiger partial charge in [-0.05, 0) is 115 Å². The van der Waals surface area contributed by atoms with Crippen LogP contribution < -0.4 is 4.74 Å². The Morgan fingerprint density at radius 1 is 0.743 bits per heavy atom. The Morgan fingerprint density at radius 2 is 1.28 bits per heavy atom. The summed E-state index contributed by atoms with van der Waals surface area (Å²) in [7, 11) is -4.50. The topological polar surface area (TPSA) is 156 Å².